The summed E-state index contributed by atoms with van der Waals surface area (Å²) in [4.78, 5) is 29.0. The lowest BCUT2D eigenvalue weighted by Gasteiger charge is -2.28. The van der Waals surface area contributed by atoms with Crippen LogP contribution in [0.4, 0.5) is 0 Å². The largest absolute Gasteiger partial charge is 0.352 e. The van der Waals surface area contributed by atoms with E-state index in [2.05, 4.69) is 15.6 Å². The third kappa shape index (κ3) is 5.39. The molecule has 1 heterocycles. The summed E-state index contributed by atoms with van der Waals surface area (Å²) in [7, 11) is 0. The fourth-order valence-corrected chi connectivity index (χ4v) is 3.61. The minimum absolute atomic E-state index is 0.000737. The van der Waals surface area contributed by atoms with Crippen LogP contribution in [0.1, 0.15) is 49.8 Å². The minimum atomic E-state index is -0.00253. The second kappa shape index (κ2) is 9.31. The smallest absolute Gasteiger partial charge is 0.223 e. The lowest BCUT2D eigenvalue weighted by molar-refractivity contribution is -0.131. The summed E-state index contributed by atoms with van der Waals surface area (Å²) in [5, 5.41) is 6.10. The van der Waals surface area contributed by atoms with Crippen molar-refractivity contribution in [2.45, 2.75) is 45.2 Å². The van der Waals surface area contributed by atoms with Crippen LogP contribution in [0.25, 0.3) is 0 Å². The van der Waals surface area contributed by atoms with Gasteiger partial charge in [-0.3, -0.25) is 14.6 Å². The summed E-state index contributed by atoms with van der Waals surface area (Å²) in [5.74, 6) is 0.173. The molecule has 1 aliphatic carbocycles. The van der Waals surface area contributed by atoms with E-state index in [1.165, 1.54) is 0 Å². The van der Waals surface area contributed by atoms with Gasteiger partial charge in [-0.2, -0.15) is 0 Å². The first kappa shape index (κ1) is 19.1. The zero-order valence-electron chi connectivity index (χ0n) is 15.7. The predicted octanol–water partition coefficient (Wildman–Crippen LogP) is 3.38. The summed E-state index contributed by atoms with van der Waals surface area (Å²) in [6, 6.07) is 13.8. The fourth-order valence-electron chi connectivity index (χ4n) is 3.61. The van der Waals surface area contributed by atoms with Gasteiger partial charge in [-0.1, -0.05) is 36.4 Å². The van der Waals surface area contributed by atoms with Crippen molar-refractivity contribution in [2.24, 2.45) is 11.8 Å². The number of pyridine rings is 1. The van der Waals surface area contributed by atoms with Crippen LogP contribution in [0.15, 0.2) is 54.9 Å². The number of nitrogens with zero attached hydrogens (tertiary/aromatic N) is 1. The first-order valence-corrected chi connectivity index (χ1v) is 9.65. The number of benzene rings is 1. The van der Waals surface area contributed by atoms with Crippen LogP contribution >= 0.6 is 0 Å². The van der Waals surface area contributed by atoms with Crippen molar-refractivity contribution < 1.29 is 9.59 Å². The summed E-state index contributed by atoms with van der Waals surface area (Å²) in [6.07, 6.45) is 6.52. The summed E-state index contributed by atoms with van der Waals surface area (Å²) in [5.41, 5.74) is 2.10. The molecule has 1 aromatic heterocycles. The average Bonchev–Trinajstić information content (AvgIpc) is 2.73. The Morgan fingerprint density at radius 3 is 2.30 bits per heavy atom. The number of rotatable bonds is 6. The highest BCUT2D eigenvalue weighted by atomic mass is 16.2. The lowest BCUT2D eigenvalue weighted by Crippen LogP contribution is -2.38. The molecule has 3 rings (SSSR count). The van der Waals surface area contributed by atoms with Gasteiger partial charge in [0.15, 0.2) is 0 Å². The van der Waals surface area contributed by atoms with Crippen molar-refractivity contribution in [1.82, 2.24) is 15.6 Å². The van der Waals surface area contributed by atoms with Crippen molar-refractivity contribution in [2.75, 3.05) is 0 Å². The number of amides is 2. The zero-order valence-corrected chi connectivity index (χ0v) is 15.7. The molecule has 1 unspecified atom stereocenters. The number of hydrogen-bond acceptors (Lipinski definition) is 3. The molecular formula is C22H27N3O2. The molecule has 0 bridgehead atoms. The molecule has 2 amide bonds. The highest BCUT2D eigenvalue weighted by Crippen LogP contribution is 2.29. The van der Waals surface area contributed by atoms with Gasteiger partial charge in [0, 0.05) is 30.8 Å². The Labute approximate surface area is 160 Å². The highest BCUT2D eigenvalue weighted by Gasteiger charge is 2.30. The van der Waals surface area contributed by atoms with Gasteiger partial charge >= 0.3 is 0 Å². The number of carbonyl (C=O) groups excluding carboxylic acids is 2. The summed E-state index contributed by atoms with van der Waals surface area (Å²) in [6.45, 7) is 2.51. The molecule has 1 aromatic carbocycles. The Morgan fingerprint density at radius 1 is 1.00 bits per heavy atom. The fraction of sp³-hybridized carbons (Fsp3) is 0.409. The first-order valence-electron chi connectivity index (χ1n) is 9.65. The van der Waals surface area contributed by atoms with Crippen LogP contribution in [0.5, 0.6) is 0 Å². The molecule has 27 heavy (non-hydrogen) atoms. The monoisotopic (exact) mass is 365 g/mol. The molecule has 142 valence electrons. The van der Waals surface area contributed by atoms with Crippen molar-refractivity contribution in [3.05, 3.63) is 66.0 Å². The number of nitrogens with one attached hydrogen (secondary N) is 2. The Hall–Kier alpha value is -2.69. The van der Waals surface area contributed by atoms with E-state index in [-0.39, 0.29) is 29.7 Å². The quantitative estimate of drug-likeness (QED) is 0.824. The van der Waals surface area contributed by atoms with E-state index in [0.29, 0.717) is 6.54 Å². The van der Waals surface area contributed by atoms with Crippen LogP contribution in [0, 0.1) is 11.8 Å². The molecule has 2 aromatic rings. The van der Waals surface area contributed by atoms with Gasteiger partial charge in [-0.05, 0) is 49.8 Å². The van der Waals surface area contributed by atoms with Gasteiger partial charge < -0.3 is 10.6 Å². The van der Waals surface area contributed by atoms with Crippen LogP contribution in [-0.2, 0) is 16.1 Å². The summed E-state index contributed by atoms with van der Waals surface area (Å²) >= 11 is 0. The van der Waals surface area contributed by atoms with E-state index in [4.69, 9.17) is 0 Å². The zero-order chi connectivity index (χ0) is 19.1. The van der Waals surface area contributed by atoms with Gasteiger partial charge in [-0.15, -0.1) is 0 Å². The first-order chi connectivity index (χ1) is 13.1. The van der Waals surface area contributed by atoms with E-state index in [9.17, 15) is 9.59 Å². The van der Waals surface area contributed by atoms with E-state index in [1.807, 2.05) is 49.4 Å². The molecule has 2 N–H and O–H groups in total. The number of hydrogen-bond donors (Lipinski definition) is 2. The van der Waals surface area contributed by atoms with Crippen LogP contribution in [0.3, 0.4) is 0 Å². The highest BCUT2D eigenvalue weighted by molar-refractivity contribution is 5.81. The Balaban J connectivity index is 1.42. The standard InChI is InChI=1S/C22H27N3O2/c1-16(18-7-3-2-4-8-18)25-22(27)20-11-9-19(10-12-20)21(26)24-15-17-6-5-13-23-14-17/h2-8,13-14,16,19-20H,9-12,15H2,1H3,(H,24,26)(H,25,27). The average molecular weight is 365 g/mol. The summed E-state index contributed by atoms with van der Waals surface area (Å²) < 4.78 is 0. The second-order valence-corrected chi connectivity index (χ2v) is 7.27. The maximum atomic E-state index is 12.6. The molecule has 1 saturated carbocycles. The maximum absolute atomic E-state index is 12.6. The van der Waals surface area contributed by atoms with Crippen molar-refractivity contribution in [1.29, 1.82) is 0 Å². The topological polar surface area (TPSA) is 71.1 Å². The molecule has 5 heteroatoms. The van der Waals surface area contributed by atoms with Crippen LogP contribution < -0.4 is 10.6 Å². The third-order valence-corrected chi connectivity index (χ3v) is 5.32. The van der Waals surface area contributed by atoms with E-state index < -0.39 is 0 Å². The van der Waals surface area contributed by atoms with Crippen molar-refractivity contribution in [3.63, 3.8) is 0 Å². The third-order valence-electron chi connectivity index (χ3n) is 5.32. The maximum Gasteiger partial charge on any atom is 0.223 e. The molecule has 5 nitrogen and oxygen atoms in total. The number of carbonyl (C=O) groups is 2. The Bertz CT molecular complexity index is 741. The molecule has 0 saturated heterocycles. The van der Waals surface area contributed by atoms with E-state index >= 15 is 0 Å². The van der Waals surface area contributed by atoms with Crippen molar-refractivity contribution in [3.8, 4) is 0 Å². The van der Waals surface area contributed by atoms with E-state index in [1.54, 1.807) is 12.4 Å². The van der Waals surface area contributed by atoms with Gasteiger partial charge in [0.1, 0.15) is 0 Å². The predicted molar refractivity (Wildman–Crippen MR) is 105 cm³/mol. The lowest BCUT2D eigenvalue weighted by atomic mass is 9.81. The molecule has 0 aliphatic heterocycles. The molecular weight excluding hydrogens is 338 g/mol. The Kier molecular flexibility index (Phi) is 6.58. The Morgan fingerprint density at radius 2 is 1.67 bits per heavy atom. The minimum Gasteiger partial charge on any atom is -0.352 e. The van der Waals surface area contributed by atoms with Gasteiger partial charge in [0.25, 0.3) is 0 Å². The molecule has 1 atom stereocenters. The van der Waals surface area contributed by atoms with Crippen LogP contribution in [0.2, 0.25) is 0 Å². The molecule has 1 aliphatic rings. The number of aromatic nitrogens is 1. The van der Waals surface area contributed by atoms with Gasteiger partial charge in [-0.25, -0.2) is 0 Å². The van der Waals surface area contributed by atoms with E-state index in [0.717, 1.165) is 36.8 Å². The normalized spacial score (nSPS) is 20.5. The molecule has 1 fully saturated rings. The van der Waals surface area contributed by atoms with Gasteiger partial charge in [0.05, 0.1) is 6.04 Å². The van der Waals surface area contributed by atoms with Gasteiger partial charge in [0.2, 0.25) is 11.8 Å². The SMILES string of the molecule is CC(NC(=O)C1CCC(C(=O)NCc2cccnc2)CC1)c1ccccc1. The second-order valence-electron chi connectivity index (χ2n) is 7.27. The molecule has 0 radical (unpaired) electrons. The molecule has 0 spiro atoms. The van der Waals surface area contributed by atoms with Crippen molar-refractivity contribution >= 4 is 11.8 Å². The van der Waals surface area contributed by atoms with Crippen LogP contribution in [-0.4, -0.2) is 16.8 Å².